The lowest BCUT2D eigenvalue weighted by Gasteiger charge is -2.18. The van der Waals surface area contributed by atoms with Crippen LogP contribution in [0, 0.1) is 5.82 Å². The largest absolute Gasteiger partial charge is 0.454 e. The van der Waals surface area contributed by atoms with Crippen LogP contribution in [0.5, 0.6) is 0 Å². The topological polar surface area (TPSA) is 81.5 Å². The van der Waals surface area contributed by atoms with Crippen LogP contribution in [0.4, 0.5) is 4.39 Å². The molecule has 0 fully saturated rings. The van der Waals surface area contributed by atoms with E-state index in [9.17, 15) is 18.8 Å². The van der Waals surface area contributed by atoms with E-state index in [1.165, 1.54) is 36.5 Å². The summed E-state index contributed by atoms with van der Waals surface area (Å²) in [5.41, 5.74) is 0.307. The number of carbonyl (C=O) groups is 2. The van der Waals surface area contributed by atoms with Crippen LogP contribution in [0.2, 0.25) is 5.02 Å². The summed E-state index contributed by atoms with van der Waals surface area (Å²) in [5.74, 6) is -1.84. The Morgan fingerprint density at radius 1 is 1.21 bits per heavy atom. The van der Waals surface area contributed by atoms with Crippen LogP contribution in [0.3, 0.4) is 0 Å². The Morgan fingerprint density at radius 3 is 2.72 bits per heavy atom. The molecular formula is C20H17ClFN3O4. The molecule has 0 bridgehead atoms. The highest BCUT2D eigenvalue weighted by atomic mass is 35.5. The molecule has 0 saturated carbocycles. The normalized spacial score (nSPS) is 10.7. The maximum Gasteiger partial charge on any atom is 0.326 e. The van der Waals surface area contributed by atoms with E-state index in [0.717, 1.165) is 4.57 Å². The fourth-order valence-corrected chi connectivity index (χ4v) is 2.89. The van der Waals surface area contributed by atoms with Gasteiger partial charge in [-0.3, -0.25) is 19.0 Å². The molecule has 0 saturated heterocycles. The number of hydrogen-bond donors (Lipinski definition) is 0. The molecule has 0 radical (unpaired) electrons. The molecule has 0 N–H and O–H groups in total. The molecule has 9 heteroatoms. The molecule has 0 unspecified atom stereocenters. The Hall–Kier alpha value is -3.26. The van der Waals surface area contributed by atoms with E-state index in [2.05, 4.69) is 4.98 Å². The van der Waals surface area contributed by atoms with Crippen LogP contribution in [-0.2, 0) is 27.4 Å². The maximum absolute atomic E-state index is 13.8. The predicted octanol–water partition coefficient (Wildman–Crippen LogP) is 2.39. The minimum absolute atomic E-state index is 0.0735. The number of likely N-dealkylation sites (N-methyl/N-ethyl adjacent to an activating group) is 1. The van der Waals surface area contributed by atoms with Crippen molar-refractivity contribution in [2.24, 2.45) is 0 Å². The SMILES string of the molecule is CN(Cc1c(F)cccc1Cl)C(=O)COC(=O)Cn1cnc2ccccc2c1=O. The maximum atomic E-state index is 13.8. The summed E-state index contributed by atoms with van der Waals surface area (Å²) in [7, 11) is 1.44. The minimum atomic E-state index is -0.769. The first-order chi connectivity index (χ1) is 13.9. The van der Waals surface area contributed by atoms with Crippen LogP contribution in [0.15, 0.2) is 53.6 Å². The fourth-order valence-electron chi connectivity index (χ4n) is 2.66. The van der Waals surface area contributed by atoms with E-state index < -0.39 is 24.3 Å². The lowest BCUT2D eigenvalue weighted by atomic mass is 10.2. The molecule has 0 aliphatic heterocycles. The second-order valence-electron chi connectivity index (χ2n) is 6.31. The lowest BCUT2D eigenvalue weighted by Crippen LogP contribution is -2.32. The first kappa shape index (κ1) is 20.5. The van der Waals surface area contributed by atoms with E-state index in [0.29, 0.717) is 10.9 Å². The number of nitrogens with zero attached hydrogens (tertiary/aromatic N) is 3. The van der Waals surface area contributed by atoms with Gasteiger partial charge >= 0.3 is 5.97 Å². The second-order valence-corrected chi connectivity index (χ2v) is 6.71. The lowest BCUT2D eigenvalue weighted by molar-refractivity contribution is -0.152. The fraction of sp³-hybridized carbons (Fsp3) is 0.200. The number of rotatable bonds is 6. The molecule has 1 heterocycles. The molecule has 1 amide bonds. The van der Waals surface area contributed by atoms with Gasteiger partial charge in [0.2, 0.25) is 0 Å². The molecule has 0 aliphatic carbocycles. The average Bonchev–Trinajstić information content (AvgIpc) is 2.71. The van der Waals surface area contributed by atoms with Gasteiger partial charge in [0, 0.05) is 24.2 Å². The first-order valence-electron chi connectivity index (χ1n) is 8.63. The predicted molar refractivity (Wildman–Crippen MR) is 105 cm³/mol. The van der Waals surface area contributed by atoms with Gasteiger partial charge in [0.25, 0.3) is 11.5 Å². The van der Waals surface area contributed by atoms with Gasteiger partial charge in [-0.25, -0.2) is 9.37 Å². The van der Waals surface area contributed by atoms with Gasteiger partial charge in [0.1, 0.15) is 12.4 Å². The van der Waals surface area contributed by atoms with Gasteiger partial charge < -0.3 is 9.64 Å². The number of benzene rings is 2. The zero-order chi connectivity index (χ0) is 21.0. The number of aromatic nitrogens is 2. The number of carbonyl (C=O) groups excluding carboxylic acids is 2. The Balaban J connectivity index is 1.58. The molecule has 3 aromatic rings. The third-order valence-electron chi connectivity index (χ3n) is 4.27. The smallest absolute Gasteiger partial charge is 0.326 e. The van der Waals surface area contributed by atoms with Gasteiger partial charge in [-0.2, -0.15) is 0 Å². The van der Waals surface area contributed by atoms with Gasteiger partial charge in [-0.05, 0) is 24.3 Å². The first-order valence-corrected chi connectivity index (χ1v) is 9.01. The van der Waals surface area contributed by atoms with E-state index in [1.54, 1.807) is 24.3 Å². The molecule has 29 heavy (non-hydrogen) atoms. The summed E-state index contributed by atoms with van der Waals surface area (Å²) >= 11 is 5.95. The van der Waals surface area contributed by atoms with Crippen LogP contribution < -0.4 is 5.56 Å². The standard InChI is InChI=1S/C20H17ClFN3O4/c1-24(9-14-15(21)6-4-7-16(14)22)18(26)11-29-19(27)10-25-12-23-17-8-3-2-5-13(17)20(25)28/h2-8,12H,9-11H2,1H3. The minimum Gasteiger partial charge on any atom is -0.454 e. The monoisotopic (exact) mass is 417 g/mol. The van der Waals surface area contributed by atoms with E-state index >= 15 is 0 Å². The zero-order valence-corrected chi connectivity index (χ0v) is 16.2. The molecular weight excluding hydrogens is 401 g/mol. The van der Waals surface area contributed by atoms with Gasteiger partial charge in [-0.1, -0.05) is 29.8 Å². The van der Waals surface area contributed by atoms with Crippen molar-refractivity contribution >= 4 is 34.4 Å². The third-order valence-corrected chi connectivity index (χ3v) is 4.62. The number of hydrogen-bond acceptors (Lipinski definition) is 5. The summed E-state index contributed by atoms with van der Waals surface area (Å²) in [5, 5.41) is 0.574. The molecule has 0 atom stereocenters. The molecule has 0 aliphatic rings. The van der Waals surface area contributed by atoms with Crippen molar-refractivity contribution in [2.75, 3.05) is 13.7 Å². The Kier molecular flexibility index (Phi) is 6.23. The highest BCUT2D eigenvalue weighted by Crippen LogP contribution is 2.20. The summed E-state index contributed by atoms with van der Waals surface area (Å²) < 4.78 is 19.9. The van der Waals surface area contributed by atoms with Crippen LogP contribution >= 0.6 is 11.6 Å². The third kappa shape index (κ3) is 4.78. The highest BCUT2D eigenvalue weighted by molar-refractivity contribution is 6.31. The number of amides is 1. The summed E-state index contributed by atoms with van der Waals surface area (Å²) in [4.78, 5) is 41.9. The van der Waals surface area contributed by atoms with Crippen molar-refractivity contribution in [3.05, 3.63) is 75.5 Å². The highest BCUT2D eigenvalue weighted by Gasteiger charge is 2.16. The van der Waals surface area contributed by atoms with E-state index in [1.807, 2.05) is 0 Å². The van der Waals surface area contributed by atoms with Crippen LogP contribution in [0.1, 0.15) is 5.56 Å². The molecule has 0 spiro atoms. The van der Waals surface area contributed by atoms with Crippen molar-refractivity contribution in [1.82, 2.24) is 14.5 Å². The van der Waals surface area contributed by atoms with Gasteiger partial charge in [-0.15, -0.1) is 0 Å². The summed E-state index contributed by atoms with van der Waals surface area (Å²) in [6, 6.07) is 11.0. The van der Waals surface area contributed by atoms with E-state index in [4.69, 9.17) is 16.3 Å². The molecule has 1 aromatic heterocycles. The van der Waals surface area contributed by atoms with Gasteiger partial charge in [0.15, 0.2) is 6.61 Å². The summed E-state index contributed by atoms with van der Waals surface area (Å²) in [6.45, 7) is -1.00. The molecule has 7 nitrogen and oxygen atoms in total. The average molecular weight is 418 g/mol. The molecule has 3 rings (SSSR count). The second kappa shape index (κ2) is 8.83. The Morgan fingerprint density at radius 2 is 1.97 bits per heavy atom. The van der Waals surface area contributed by atoms with Crippen molar-refractivity contribution in [2.45, 2.75) is 13.1 Å². The van der Waals surface area contributed by atoms with E-state index in [-0.39, 0.29) is 29.2 Å². The number of fused-ring (bicyclic) bond motifs is 1. The van der Waals surface area contributed by atoms with Crippen molar-refractivity contribution in [3.8, 4) is 0 Å². The van der Waals surface area contributed by atoms with Crippen LogP contribution in [-0.4, -0.2) is 40.0 Å². The number of esters is 1. The van der Waals surface area contributed by atoms with Crippen LogP contribution in [0.25, 0.3) is 10.9 Å². The quantitative estimate of drug-likeness (QED) is 0.575. The summed E-state index contributed by atoms with van der Waals surface area (Å²) in [6.07, 6.45) is 1.25. The van der Waals surface area contributed by atoms with Crippen molar-refractivity contribution in [1.29, 1.82) is 0 Å². The number of halogens is 2. The van der Waals surface area contributed by atoms with Crippen molar-refractivity contribution < 1.29 is 18.7 Å². The number of ether oxygens (including phenoxy) is 1. The molecule has 150 valence electrons. The zero-order valence-electron chi connectivity index (χ0n) is 15.5. The number of para-hydroxylation sites is 1. The van der Waals surface area contributed by atoms with Gasteiger partial charge in [0.05, 0.1) is 17.2 Å². The molecule has 2 aromatic carbocycles. The van der Waals surface area contributed by atoms with Crippen molar-refractivity contribution in [3.63, 3.8) is 0 Å². The Labute approximate surface area is 170 Å². The Bertz CT molecular complexity index is 1110.